The fourth-order valence-corrected chi connectivity index (χ4v) is 0.449. The SMILES string of the molecule is Nc1nnc(C(=O)O)n1N. The summed E-state index contributed by atoms with van der Waals surface area (Å²) in [5.74, 6) is 3.33. The minimum atomic E-state index is -1.26. The van der Waals surface area contributed by atoms with Crippen molar-refractivity contribution in [2.45, 2.75) is 0 Å². The van der Waals surface area contributed by atoms with E-state index in [1.54, 1.807) is 0 Å². The van der Waals surface area contributed by atoms with Crippen LogP contribution < -0.4 is 11.6 Å². The summed E-state index contributed by atoms with van der Waals surface area (Å²) in [5.41, 5.74) is 5.08. The van der Waals surface area contributed by atoms with Crippen LogP contribution in [-0.4, -0.2) is 25.9 Å². The van der Waals surface area contributed by atoms with E-state index < -0.39 is 5.97 Å². The van der Waals surface area contributed by atoms with Crippen LogP contribution in [0.3, 0.4) is 0 Å². The van der Waals surface area contributed by atoms with Crippen molar-refractivity contribution in [1.82, 2.24) is 14.9 Å². The number of nitrogens with zero attached hydrogens (tertiary/aromatic N) is 3. The van der Waals surface area contributed by atoms with Gasteiger partial charge in [0, 0.05) is 0 Å². The molecule has 0 amide bonds. The fourth-order valence-electron chi connectivity index (χ4n) is 0.449. The van der Waals surface area contributed by atoms with Crippen LogP contribution in [0.4, 0.5) is 5.95 Å². The molecule has 0 spiro atoms. The van der Waals surface area contributed by atoms with Gasteiger partial charge in [-0.25, -0.2) is 9.47 Å². The monoisotopic (exact) mass is 143 g/mol. The molecular formula is C3H5N5O2. The lowest BCUT2D eigenvalue weighted by molar-refractivity contribution is 0.0680. The van der Waals surface area contributed by atoms with Crippen LogP contribution >= 0.6 is 0 Å². The Labute approximate surface area is 55.2 Å². The van der Waals surface area contributed by atoms with Crippen molar-refractivity contribution >= 4 is 11.9 Å². The Bertz CT molecular complexity index is 266. The topological polar surface area (TPSA) is 120 Å². The van der Waals surface area contributed by atoms with Crippen molar-refractivity contribution in [2.24, 2.45) is 0 Å². The third-order valence-corrected chi connectivity index (χ3v) is 0.913. The van der Waals surface area contributed by atoms with Gasteiger partial charge in [-0.05, 0) is 0 Å². The highest BCUT2D eigenvalue weighted by molar-refractivity contribution is 5.83. The molecule has 0 radical (unpaired) electrons. The van der Waals surface area contributed by atoms with E-state index in [4.69, 9.17) is 16.7 Å². The summed E-state index contributed by atoms with van der Waals surface area (Å²) in [6, 6.07) is 0. The number of carboxylic acid groups (broad SMARTS) is 1. The first-order valence-corrected chi connectivity index (χ1v) is 2.32. The Morgan fingerprint density at radius 2 is 2.20 bits per heavy atom. The Kier molecular flexibility index (Phi) is 1.18. The van der Waals surface area contributed by atoms with E-state index in [2.05, 4.69) is 10.2 Å². The van der Waals surface area contributed by atoms with Crippen molar-refractivity contribution in [3.63, 3.8) is 0 Å². The van der Waals surface area contributed by atoms with Crippen LogP contribution in [0.2, 0.25) is 0 Å². The molecule has 0 bridgehead atoms. The van der Waals surface area contributed by atoms with Gasteiger partial charge in [-0.1, -0.05) is 0 Å². The fraction of sp³-hybridized carbons (Fsp3) is 0. The summed E-state index contributed by atoms with van der Waals surface area (Å²) in [4.78, 5) is 10.2. The van der Waals surface area contributed by atoms with Crippen LogP contribution in [0.5, 0.6) is 0 Å². The highest BCUT2D eigenvalue weighted by Gasteiger charge is 2.12. The van der Waals surface area contributed by atoms with Gasteiger partial charge in [-0.2, -0.15) is 0 Å². The molecule has 0 saturated carbocycles. The Morgan fingerprint density at radius 1 is 1.60 bits per heavy atom. The molecular weight excluding hydrogens is 138 g/mol. The van der Waals surface area contributed by atoms with Gasteiger partial charge in [-0.15, -0.1) is 10.2 Å². The minimum absolute atomic E-state index is 0.127. The first kappa shape index (κ1) is 6.33. The minimum Gasteiger partial charge on any atom is -0.475 e. The molecule has 1 aromatic heterocycles. The van der Waals surface area contributed by atoms with Crippen molar-refractivity contribution in [2.75, 3.05) is 11.6 Å². The number of hydrogen-bond acceptors (Lipinski definition) is 5. The van der Waals surface area contributed by atoms with E-state index in [0.29, 0.717) is 4.68 Å². The van der Waals surface area contributed by atoms with E-state index in [1.165, 1.54) is 0 Å². The van der Waals surface area contributed by atoms with Crippen molar-refractivity contribution in [3.8, 4) is 0 Å². The highest BCUT2D eigenvalue weighted by atomic mass is 16.4. The molecule has 7 nitrogen and oxygen atoms in total. The summed E-state index contributed by atoms with van der Waals surface area (Å²) < 4.78 is 0.697. The molecule has 1 heterocycles. The number of aromatic nitrogens is 3. The molecule has 5 N–H and O–H groups in total. The number of carboxylic acids is 1. The molecule has 10 heavy (non-hydrogen) atoms. The number of rotatable bonds is 1. The normalized spacial score (nSPS) is 9.60. The maximum Gasteiger partial charge on any atom is 0.375 e. The lowest BCUT2D eigenvalue weighted by Gasteiger charge is -1.92. The molecule has 1 aromatic rings. The van der Waals surface area contributed by atoms with Crippen LogP contribution in [0.15, 0.2) is 0 Å². The van der Waals surface area contributed by atoms with Crippen LogP contribution in [0.25, 0.3) is 0 Å². The average molecular weight is 143 g/mol. The maximum atomic E-state index is 10.2. The Balaban J connectivity index is 3.17. The van der Waals surface area contributed by atoms with Crippen molar-refractivity contribution in [1.29, 1.82) is 0 Å². The van der Waals surface area contributed by atoms with E-state index in [9.17, 15) is 4.79 Å². The number of nitrogens with two attached hydrogens (primary N) is 2. The molecule has 7 heteroatoms. The zero-order chi connectivity index (χ0) is 7.72. The van der Waals surface area contributed by atoms with E-state index in [-0.39, 0.29) is 11.8 Å². The van der Waals surface area contributed by atoms with Gasteiger partial charge in [0.2, 0.25) is 5.95 Å². The van der Waals surface area contributed by atoms with Crippen LogP contribution in [0.1, 0.15) is 10.6 Å². The number of aromatic carboxylic acids is 1. The third kappa shape index (κ3) is 0.729. The summed E-state index contributed by atoms with van der Waals surface area (Å²) in [6.45, 7) is 0. The van der Waals surface area contributed by atoms with Crippen LogP contribution in [-0.2, 0) is 0 Å². The molecule has 0 fully saturated rings. The largest absolute Gasteiger partial charge is 0.475 e. The van der Waals surface area contributed by atoms with Gasteiger partial charge in [0.05, 0.1) is 0 Å². The van der Waals surface area contributed by atoms with Crippen molar-refractivity contribution < 1.29 is 9.90 Å². The number of nitrogen functional groups attached to an aromatic ring is 2. The second-order valence-electron chi connectivity index (χ2n) is 1.56. The Hall–Kier alpha value is -1.79. The van der Waals surface area contributed by atoms with Crippen molar-refractivity contribution in [3.05, 3.63) is 5.82 Å². The molecule has 0 aliphatic rings. The first-order valence-electron chi connectivity index (χ1n) is 2.32. The summed E-state index contributed by atoms with van der Waals surface area (Å²) in [5, 5.41) is 14.7. The van der Waals surface area contributed by atoms with Gasteiger partial charge in [-0.3, -0.25) is 0 Å². The third-order valence-electron chi connectivity index (χ3n) is 0.913. The van der Waals surface area contributed by atoms with E-state index >= 15 is 0 Å². The molecule has 0 aliphatic carbocycles. The first-order chi connectivity index (χ1) is 4.63. The summed E-state index contributed by atoms with van der Waals surface area (Å²) in [7, 11) is 0. The van der Waals surface area contributed by atoms with E-state index in [0.717, 1.165) is 0 Å². The molecule has 0 atom stereocenters. The Morgan fingerprint density at radius 3 is 2.40 bits per heavy atom. The number of anilines is 1. The second kappa shape index (κ2) is 1.87. The van der Waals surface area contributed by atoms with Gasteiger partial charge in [0.15, 0.2) is 0 Å². The standard InChI is InChI=1S/C3H5N5O2/c4-3-7-6-1(2(9)10)8(3)5/h5H2,(H2,4,7)(H,9,10). The van der Waals surface area contributed by atoms with Gasteiger partial charge in [0.1, 0.15) is 0 Å². The maximum absolute atomic E-state index is 10.2. The molecule has 0 saturated heterocycles. The molecule has 0 aliphatic heterocycles. The zero-order valence-electron chi connectivity index (χ0n) is 4.85. The van der Waals surface area contributed by atoms with Gasteiger partial charge >= 0.3 is 5.97 Å². The quantitative estimate of drug-likeness (QED) is 0.402. The lowest BCUT2D eigenvalue weighted by Crippen LogP contribution is -2.18. The van der Waals surface area contributed by atoms with Gasteiger partial charge in [0.25, 0.3) is 5.82 Å². The van der Waals surface area contributed by atoms with Gasteiger partial charge < -0.3 is 16.7 Å². The van der Waals surface area contributed by atoms with E-state index in [1.807, 2.05) is 0 Å². The average Bonchev–Trinajstić information content (AvgIpc) is 2.14. The summed E-state index contributed by atoms with van der Waals surface area (Å²) in [6.07, 6.45) is 0. The number of carbonyl (C=O) groups is 1. The molecule has 1 rings (SSSR count). The molecule has 54 valence electrons. The molecule has 0 aromatic carbocycles. The lowest BCUT2D eigenvalue weighted by atomic mass is 10.6. The summed E-state index contributed by atoms with van der Waals surface area (Å²) >= 11 is 0. The smallest absolute Gasteiger partial charge is 0.375 e. The highest BCUT2D eigenvalue weighted by Crippen LogP contribution is 1.95. The zero-order valence-corrected chi connectivity index (χ0v) is 4.85. The predicted molar refractivity (Wildman–Crippen MR) is 31.5 cm³/mol. The van der Waals surface area contributed by atoms with Crippen LogP contribution in [0, 0.1) is 0 Å². The predicted octanol–water partition coefficient (Wildman–Crippen LogP) is -1.73. The number of hydrogen-bond donors (Lipinski definition) is 3. The second-order valence-corrected chi connectivity index (χ2v) is 1.56. The molecule has 0 unspecified atom stereocenters.